The first-order valence-electron chi connectivity index (χ1n) is 3.96. The Morgan fingerprint density at radius 2 is 1.83 bits per heavy atom. The van der Waals surface area contributed by atoms with Crippen LogP contribution < -0.4 is 0 Å². The smallest absolute Gasteiger partial charge is 0.219 e. The van der Waals surface area contributed by atoms with Crippen LogP contribution in [0.2, 0.25) is 0 Å². The van der Waals surface area contributed by atoms with Gasteiger partial charge >= 0.3 is 0 Å². The van der Waals surface area contributed by atoms with E-state index in [1.165, 1.54) is 11.8 Å². The van der Waals surface area contributed by atoms with Gasteiger partial charge in [-0.1, -0.05) is 55.9 Å². The third kappa shape index (κ3) is 2.70. The lowest BCUT2D eigenvalue weighted by Crippen LogP contribution is -1.98. The van der Waals surface area contributed by atoms with Crippen LogP contribution >= 0.6 is 11.8 Å². The summed E-state index contributed by atoms with van der Waals surface area (Å²) in [6.07, 6.45) is 0. The lowest BCUT2D eigenvalue weighted by Gasteiger charge is -2.02. The molecular formula is C10H12OS. The van der Waals surface area contributed by atoms with Crippen LogP contribution in [-0.2, 0) is 0 Å². The first-order chi connectivity index (χ1) is 5.70. The van der Waals surface area contributed by atoms with Crippen LogP contribution in [-0.4, -0.2) is 10.4 Å². The second-order valence-electron chi connectivity index (χ2n) is 2.82. The van der Waals surface area contributed by atoms with Gasteiger partial charge in [-0.15, -0.1) is 0 Å². The molecule has 0 saturated carbocycles. The number of carbonyl (C=O) groups excluding carboxylic acids is 1. The summed E-state index contributed by atoms with van der Waals surface area (Å²) in [5.74, 6) is 0. The second kappa shape index (κ2) is 4.31. The van der Waals surface area contributed by atoms with Crippen LogP contribution in [0.25, 0.3) is 0 Å². The molecule has 64 valence electrons. The lowest BCUT2D eigenvalue weighted by molar-refractivity contribution is 0.108. The van der Waals surface area contributed by atoms with E-state index >= 15 is 0 Å². The predicted molar refractivity (Wildman–Crippen MR) is 53.5 cm³/mol. The van der Waals surface area contributed by atoms with Crippen molar-refractivity contribution in [2.45, 2.75) is 19.1 Å². The Balaban J connectivity index is 2.66. The van der Waals surface area contributed by atoms with Crippen molar-refractivity contribution in [2.75, 3.05) is 0 Å². The van der Waals surface area contributed by atoms with Gasteiger partial charge in [-0.25, -0.2) is 0 Å². The highest BCUT2D eigenvalue weighted by atomic mass is 32.2. The van der Waals surface area contributed by atoms with Gasteiger partial charge in [0, 0.05) is 10.8 Å². The molecule has 12 heavy (non-hydrogen) atoms. The summed E-state index contributed by atoms with van der Waals surface area (Å²) in [6, 6.07) is 9.37. The maximum atomic E-state index is 11.4. The normalized spacial score (nSPS) is 10.2. The average molecular weight is 180 g/mol. The Kier molecular flexibility index (Phi) is 3.35. The first kappa shape index (κ1) is 9.33. The number of rotatable bonds is 2. The van der Waals surface area contributed by atoms with Gasteiger partial charge in [-0.3, -0.25) is 4.79 Å². The fourth-order valence-electron chi connectivity index (χ4n) is 0.856. The third-order valence-electron chi connectivity index (χ3n) is 1.35. The maximum absolute atomic E-state index is 11.4. The summed E-state index contributed by atoms with van der Waals surface area (Å²) in [6.45, 7) is 4.04. The van der Waals surface area contributed by atoms with E-state index < -0.39 is 0 Å². The highest BCUT2D eigenvalue weighted by Gasteiger charge is 2.06. The first-order valence-corrected chi connectivity index (χ1v) is 4.84. The van der Waals surface area contributed by atoms with Crippen molar-refractivity contribution in [2.24, 2.45) is 0 Å². The molecule has 1 nitrogen and oxygen atoms in total. The molecule has 0 aliphatic carbocycles. The van der Waals surface area contributed by atoms with Crippen molar-refractivity contribution < 1.29 is 4.79 Å². The fraction of sp³-hybridized carbons (Fsp3) is 0.300. The molecule has 1 aromatic rings. The van der Waals surface area contributed by atoms with Crippen molar-refractivity contribution in [1.29, 1.82) is 0 Å². The average Bonchev–Trinajstić information content (AvgIpc) is 2.05. The van der Waals surface area contributed by atoms with E-state index in [4.69, 9.17) is 0 Å². The van der Waals surface area contributed by atoms with E-state index in [1.54, 1.807) is 0 Å². The highest BCUT2D eigenvalue weighted by Crippen LogP contribution is 2.16. The molecule has 0 N–H and O–H groups in total. The van der Waals surface area contributed by atoms with E-state index in [-0.39, 0.29) is 5.12 Å². The largest absolute Gasteiger partial charge is 0.282 e. The number of thioether (sulfide) groups is 1. The SMILES string of the molecule is CC(C)SC(=O)c1ccccc1. The molecule has 0 amide bonds. The Bertz CT molecular complexity index is 254. The van der Waals surface area contributed by atoms with Crippen molar-refractivity contribution >= 4 is 16.9 Å². The highest BCUT2D eigenvalue weighted by molar-refractivity contribution is 8.14. The number of carbonyl (C=O) groups is 1. The zero-order valence-electron chi connectivity index (χ0n) is 7.28. The Morgan fingerprint density at radius 1 is 1.25 bits per heavy atom. The minimum atomic E-state index is 0.158. The van der Waals surface area contributed by atoms with E-state index in [2.05, 4.69) is 0 Å². The van der Waals surface area contributed by atoms with Crippen LogP contribution in [0.4, 0.5) is 0 Å². The summed E-state index contributed by atoms with van der Waals surface area (Å²) >= 11 is 1.37. The standard InChI is InChI=1S/C10H12OS/c1-8(2)12-10(11)9-6-4-3-5-7-9/h3-8H,1-2H3. The van der Waals surface area contributed by atoms with E-state index in [1.807, 2.05) is 44.2 Å². The zero-order chi connectivity index (χ0) is 8.97. The van der Waals surface area contributed by atoms with Crippen LogP contribution in [0.3, 0.4) is 0 Å². The predicted octanol–water partition coefficient (Wildman–Crippen LogP) is 2.97. The summed E-state index contributed by atoms with van der Waals surface area (Å²) in [5, 5.41) is 0.517. The molecule has 0 spiro atoms. The third-order valence-corrected chi connectivity index (χ3v) is 2.27. The summed E-state index contributed by atoms with van der Waals surface area (Å²) < 4.78 is 0. The van der Waals surface area contributed by atoms with E-state index in [0.29, 0.717) is 5.25 Å². The number of hydrogen-bond donors (Lipinski definition) is 0. The molecule has 0 aliphatic heterocycles. The van der Waals surface area contributed by atoms with Crippen molar-refractivity contribution in [1.82, 2.24) is 0 Å². The van der Waals surface area contributed by atoms with Gasteiger partial charge in [-0.05, 0) is 0 Å². The number of benzene rings is 1. The quantitative estimate of drug-likeness (QED) is 0.696. The molecule has 0 saturated heterocycles. The molecular weight excluding hydrogens is 168 g/mol. The van der Waals surface area contributed by atoms with Crippen LogP contribution in [0.1, 0.15) is 24.2 Å². The lowest BCUT2D eigenvalue weighted by atomic mass is 10.2. The molecule has 1 aromatic carbocycles. The van der Waals surface area contributed by atoms with Crippen LogP contribution in [0.15, 0.2) is 30.3 Å². The fourth-order valence-corrected chi connectivity index (χ4v) is 1.56. The second-order valence-corrected chi connectivity index (χ2v) is 4.37. The van der Waals surface area contributed by atoms with Gasteiger partial charge < -0.3 is 0 Å². The molecule has 0 radical (unpaired) electrons. The maximum Gasteiger partial charge on any atom is 0.219 e. The van der Waals surface area contributed by atoms with Gasteiger partial charge in [0.25, 0.3) is 0 Å². The van der Waals surface area contributed by atoms with Crippen molar-refractivity contribution in [3.8, 4) is 0 Å². The molecule has 2 heteroatoms. The zero-order valence-corrected chi connectivity index (χ0v) is 8.10. The van der Waals surface area contributed by atoms with Crippen molar-refractivity contribution in [3.63, 3.8) is 0 Å². The van der Waals surface area contributed by atoms with Crippen molar-refractivity contribution in [3.05, 3.63) is 35.9 Å². The Morgan fingerprint density at radius 3 is 2.33 bits per heavy atom. The number of hydrogen-bond acceptors (Lipinski definition) is 2. The van der Waals surface area contributed by atoms with Crippen LogP contribution in [0.5, 0.6) is 0 Å². The minimum Gasteiger partial charge on any atom is -0.282 e. The van der Waals surface area contributed by atoms with Gasteiger partial charge in [0.1, 0.15) is 0 Å². The summed E-state index contributed by atoms with van der Waals surface area (Å²) in [5.41, 5.74) is 0.788. The molecule has 0 aromatic heterocycles. The molecule has 0 aliphatic rings. The monoisotopic (exact) mass is 180 g/mol. The Hall–Kier alpha value is -0.760. The van der Waals surface area contributed by atoms with E-state index in [0.717, 1.165) is 5.56 Å². The summed E-state index contributed by atoms with van der Waals surface area (Å²) in [7, 11) is 0. The minimum absolute atomic E-state index is 0.158. The molecule has 0 bridgehead atoms. The molecule has 0 heterocycles. The Labute approximate surface area is 77.2 Å². The molecule has 0 atom stereocenters. The molecule has 0 fully saturated rings. The molecule has 0 unspecified atom stereocenters. The van der Waals surface area contributed by atoms with Gasteiger partial charge in [0.2, 0.25) is 5.12 Å². The van der Waals surface area contributed by atoms with Gasteiger partial charge in [0.15, 0.2) is 0 Å². The van der Waals surface area contributed by atoms with Crippen LogP contribution in [0, 0.1) is 0 Å². The van der Waals surface area contributed by atoms with Gasteiger partial charge in [0.05, 0.1) is 0 Å². The topological polar surface area (TPSA) is 17.1 Å². The summed E-state index contributed by atoms with van der Waals surface area (Å²) in [4.78, 5) is 11.4. The van der Waals surface area contributed by atoms with Gasteiger partial charge in [-0.2, -0.15) is 0 Å². The molecule has 1 rings (SSSR count). The van der Waals surface area contributed by atoms with E-state index in [9.17, 15) is 4.79 Å².